The normalized spacial score (nSPS) is 18.1. The van der Waals surface area contributed by atoms with Gasteiger partial charge in [-0.2, -0.15) is 21.0 Å². The van der Waals surface area contributed by atoms with Gasteiger partial charge in [-0.1, -0.05) is 36.4 Å². The highest BCUT2D eigenvalue weighted by Crippen LogP contribution is 2.73. The molecule has 1 spiro atoms. The van der Waals surface area contributed by atoms with Crippen molar-refractivity contribution in [3.8, 4) is 24.3 Å². The van der Waals surface area contributed by atoms with Gasteiger partial charge < -0.3 is 14.7 Å². The fourth-order valence-corrected chi connectivity index (χ4v) is 6.23. The number of rotatable bonds is 6. The molecule has 0 heterocycles. The van der Waals surface area contributed by atoms with Crippen molar-refractivity contribution in [2.45, 2.75) is 0 Å². The topological polar surface area (TPSA) is 105 Å². The van der Waals surface area contributed by atoms with Gasteiger partial charge in [0.25, 0.3) is 0 Å². The number of hydrogen-bond acceptors (Lipinski definition) is 7. The highest BCUT2D eigenvalue weighted by molar-refractivity contribution is 6.13. The van der Waals surface area contributed by atoms with Gasteiger partial charge >= 0.3 is 0 Å². The first-order valence-electron chi connectivity index (χ1n) is 13.8. The zero-order valence-corrected chi connectivity index (χ0v) is 25.1. The van der Waals surface area contributed by atoms with Crippen molar-refractivity contribution in [3.05, 3.63) is 107 Å². The Morgan fingerprint density at radius 3 is 1.33 bits per heavy atom. The van der Waals surface area contributed by atoms with E-state index in [1.54, 1.807) is 6.08 Å². The van der Waals surface area contributed by atoms with Crippen LogP contribution in [0.1, 0.15) is 16.7 Å². The van der Waals surface area contributed by atoms with Crippen LogP contribution in [0, 0.1) is 56.2 Å². The van der Waals surface area contributed by atoms with Crippen LogP contribution >= 0.6 is 0 Å². The molecule has 0 saturated carbocycles. The van der Waals surface area contributed by atoms with Crippen LogP contribution in [0.3, 0.4) is 0 Å². The average molecular weight is 562 g/mol. The number of anilines is 3. The highest BCUT2D eigenvalue weighted by atomic mass is 15.1. The van der Waals surface area contributed by atoms with Gasteiger partial charge in [-0.15, -0.1) is 0 Å². The van der Waals surface area contributed by atoms with E-state index in [1.165, 1.54) is 0 Å². The van der Waals surface area contributed by atoms with Gasteiger partial charge in [0.05, 0.1) is 34.8 Å². The first kappa shape index (κ1) is 28.8. The predicted molar refractivity (Wildman–Crippen MR) is 171 cm³/mol. The molecule has 5 rings (SSSR count). The Kier molecular flexibility index (Phi) is 7.07. The van der Waals surface area contributed by atoms with Gasteiger partial charge in [-0.05, 0) is 70.3 Å². The van der Waals surface area contributed by atoms with E-state index in [-0.39, 0.29) is 11.1 Å². The molecule has 0 saturated heterocycles. The molecule has 1 unspecified atom stereocenters. The molecule has 3 aromatic carbocycles. The summed E-state index contributed by atoms with van der Waals surface area (Å²) in [4.78, 5) is 5.93. The summed E-state index contributed by atoms with van der Waals surface area (Å²) in [6.45, 7) is 0. The predicted octanol–water partition coefficient (Wildman–Crippen LogP) is 6.27. The van der Waals surface area contributed by atoms with Crippen LogP contribution in [0.15, 0.2) is 90.0 Å². The molecule has 0 aromatic heterocycles. The van der Waals surface area contributed by atoms with E-state index in [4.69, 9.17) is 0 Å². The Balaban J connectivity index is 1.90. The van der Waals surface area contributed by atoms with Gasteiger partial charge in [-0.25, -0.2) is 0 Å². The second kappa shape index (κ2) is 10.6. The maximum atomic E-state index is 10.9. The van der Waals surface area contributed by atoms with E-state index in [0.29, 0.717) is 27.8 Å². The second-order valence-corrected chi connectivity index (χ2v) is 11.4. The largest absolute Gasteiger partial charge is 0.378 e. The Morgan fingerprint density at radius 2 is 0.953 bits per heavy atom. The standard InChI is InChI=1S/C36H31N7/c1-41(2)27-13-7-24(8-14-27)31-19-35(22-39,23-40)36(31)32(21-38)33(25-9-15-28(16-10-25)42(3)4)30(20-37)34(36)26-11-17-29(18-12-26)43(5)6/h7-19H,1-6H3. The zero-order valence-electron chi connectivity index (χ0n) is 25.1. The van der Waals surface area contributed by atoms with Crippen molar-refractivity contribution in [3.63, 3.8) is 0 Å². The van der Waals surface area contributed by atoms with Crippen molar-refractivity contribution < 1.29 is 0 Å². The lowest BCUT2D eigenvalue weighted by atomic mass is 9.45. The van der Waals surface area contributed by atoms with Gasteiger partial charge in [0.1, 0.15) is 6.07 Å². The number of benzene rings is 3. The summed E-state index contributed by atoms with van der Waals surface area (Å²) in [5.74, 6) is 0. The van der Waals surface area contributed by atoms with Crippen LogP contribution in [0.4, 0.5) is 17.1 Å². The molecule has 0 fully saturated rings. The van der Waals surface area contributed by atoms with Gasteiger partial charge in [0.15, 0.2) is 5.41 Å². The first-order valence-corrected chi connectivity index (χ1v) is 13.8. The third-order valence-corrected chi connectivity index (χ3v) is 8.47. The molecule has 3 aromatic rings. The molecule has 7 nitrogen and oxygen atoms in total. The van der Waals surface area contributed by atoms with Crippen molar-refractivity contribution in [2.24, 2.45) is 10.8 Å². The molecule has 0 radical (unpaired) electrons. The fraction of sp³-hybridized carbons (Fsp3) is 0.222. The first-order chi connectivity index (χ1) is 20.6. The Bertz CT molecular complexity index is 1850. The van der Waals surface area contributed by atoms with Crippen molar-refractivity contribution in [1.82, 2.24) is 0 Å². The van der Waals surface area contributed by atoms with E-state index in [0.717, 1.165) is 22.6 Å². The monoisotopic (exact) mass is 561 g/mol. The van der Waals surface area contributed by atoms with Crippen molar-refractivity contribution in [2.75, 3.05) is 57.0 Å². The Hall–Kier alpha value is -5.76. The van der Waals surface area contributed by atoms with E-state index >= 15 is 0 Å². The third-order valence-electron chi connectivity index (χ3n) is 8.47. The summed E-state index contributed by atoms with van der Waals surface area (Å²) in [5.41, 5.74) is 3.99. The van der Waals surface area contributed by atoms with Gasteiger partial charge in [0.2, 0.25) is 0 Å². The minimum Gasteiger partial charge on any atom is -0.378 e. The Labute approximate surface area is 253 Å². The van der Waals surface area contributed by atoms with Crippen LogP contribution in [0.25, 0.3) is 16.7 Å². The molecule has 2 aliphatic carbocycles. The van der Waals surface area contributed by atoms with Crippen molar-refractivity contribution >= 4 is 33.8 Å². The summed E-state index contributed by atoms with van der Waals surface area (Å²) < 4.78 is 0. The van der Waals surface area contributed by atoms with E-state index in [2.05, 4.69) is 24.3 Å². The smallest absolute Gasteiger partial charge is 0.180 e. The van der Waals surface area contributed by atoms with E-state index in [9.17, 15) is 21.0 Å². The lowest BCUT2D eigenvalue weighted by Crippen LogP contribution is -2.48. The third kappa shape index (κ3) is 4.06. The molecule has 210 valence electrons. The molecule has 0 N–H and O–H groups in total. The molecular formula is C36H31N7. The van der Waals surface area contributed by atoms with Crippen LogP contribution in [0.5, 0.6) is 0 Å². The Morgan fingerprint density at radius 1 is 0.535 bits per heavy atom. The van der Waals surface area contributed by atoms with E-state index in [1.807, 2.05) is 130 Å². The van der Waals surface area contributed by atoms with Gasteiger partial charge in [-0.3, -0.25) is 0 Å². The van der Waals surface area contributed by atoms with Gasteiger partial charge in [0, 0.05) is 64.9 Å². The minimum absolute atomic E-state index is 0.227. The second-order valence-electron chi connectivity index (χ2n) is 11.4. The molecule has 1 atom stereocenters. The zero-order chi connectivity index (χ0) is 31.1. The molecular weight excluding hydrogens is 530 g/mol. The van der Waals surface area contributed by atoms with Crippen LogP contribution < -0.4 is 14.7 Å². The quantitative estimate of drug-likeness (QED) is 0.349. The highest BCUT2D eigenvalue weighted by Gasteiger charge is 2.69. The number of nitriles is 4. The molecule has 7 heteroatoms. The summed E-state index contributed by atoms with van der Waals surface area (Å²) in [6, 6.07) is 32.5. The SMILES string of the molecule is CN(C)c1ccc(C2=CC(C#N)(C#N)C23C(C#N)=C(c2ccc(N(C)C)cc2)C(C#N)=C3c2ccc(N(C)C)cc2)cc1. The summed E-state index contributed by atoms with van der Waals surface area (Å²) in [7, 11) is 11.7. The summed E-state index contributed by atoms with van der Waals surface area (Å²) >= 11 is 0. The average Bonchev–Trinajstić information content (AvgIpc) is 3.34. The lowest BCUT2D eigenvalue weighted by molar-refractivity contribution is 0.406. The fourth-order valence-electron chi connectivity index (χ4n) is 6.23. The number of hydrogen-bond donors (Lipinski definition) is 0. The van der Waals surface area contributed by atoms with Crippen LogP contribution in [-0.4, -0.2) is 42.3 Å². The minimum atomic E-state index is -1.71. The van der Waals surface area contributed by atoms with Crippen LogP contribution in [0.2, 0.25) is 0 Å². The maximum absolute atomic E-state index is 10.9. The molecule has 43 heavy (non-hydrogen) atoms. The lowest BCUT2D eigenvalue weighted by Gasteiger charge is -2.50. The molecule has 0 aliphatic heterocycles. The maximum Gasteiger partial charge on any atom is 0.180 e. The molecule has 2 aliphatic rings. The molecule has 0 amide bonds. The number of nitrogens with zero attached hydrogens (tertiary/aromatic N) is 7. The van der Waals surface area contributed by atoms with Crippen molar-refractivity contribution in [1.29, 1.82) is 21.0 Å². The number of allylic oxidation sites excluding steroid dienone is 6. The molecule has 0 bridgehead atoms. The summed E-state index contributed by atoms with van der Waals surface area (Å²) in [6.07, 6.45) is 1.66. The summed E-state index contributed by atoms with van der Waals surface area (Å²) in [5, 5.41) is 43.1. The van der Waals surface area contributed by atoms with Crippen LogP contribution in [-0.2, 0) is 0 Å². The van der Waals surface area contributed by atoms with E-state index < -0.39 is 10.8 Å².